The van der Waals surface area contributed by atoms with E-state index < -0.39 is 0 Å². The van der Waals surface area contributed by atoms with Crippen LogP contribution in [-0.2, 0) is 4.84 Å². The largest absolute Gasteiger partial charge is 0.415 e. The Hall–Kier alpha value is -0.540. The van der Waals surface area contributed by atoms with Crippen LogP contribution < -0.4 is 11.6 Å². The first-order valence-electron chi connectivity index (χ1n) is 1.99. The fourth-order valence-corrected chi connectivity index (χ4v) is 0.107. The summed E-state index contributed by atoms with van der Waals surface area (Å²) in [6.07, 6.45) is 0. The van der Waals surface area contributed by atoms with E-state index in [2.05, 4.69) is 11.4 Å². The van der Waals surface area contributed by atoms with Gasteiger partial charge in [-0.1, -0.05) is 6.58 Å². The second-order valence-corrected chi connectivity index (χ2v) is 1.37. The lowest BCUT2D eigenvalue weighted by atomic mass is 10.3. The monoisotopic (exact) mass is 102 g/mol. The van der Waals surface area contributed by atoms with Gasteiger partial charge in [-0.15, -0.1) is 0 Å². The zero-order valence-electron chi connectivity index (χ0n) is 4.35. The van der Waals surface area contributed by atoms with Crippen molar-refractivity contribution < 1.29 is 4.84 Å². The third-order valence-corrected chi connectivity index (χ3v) is 0.659. The summed E-state index contributed by atoms with van der Waals surface area (Å²) in [7, 11) is 0. The van der Waals surface area contributed by atoms with Gasteiger partial charge in [-0.25, -0.2) is 0 Å². The van der Waals surface area contributed by atoms with Crippen molar-refractivity contribution >= 4 is 0 Å². The second-order valence-electron chi connectivity index (χ2n) is 1.37. The lowest BCUT2D eigenvalue weighted by molar-refractivity contribution is 0.205. The van der Waals surface area contributed by atoms with Gasteiger partial charge in [0.2, 0.25) is 0 Å². The van der Waals surface area contributed by atoms with Crippen molar-refractivity contribution in [2.45, 2.75) is 13.0 Å². The molecular formula is C4H10N2O. The summed E-state index contributed by atoms with van der Waals surface area (Å²) in [5, 5.41) is 0. The van der Waals surface area contributed by atoms with Crippen LogP contribution >= 0.6 is 0 Å². The Morgan fingerprint density at radius 3 is 2.29 bits per heavy atom. The van der Waals surface area contributed by atoms with Gasteiger partial charge in [0.15, 0.2) is 0 Å². The number of hydrogen-bond acceptors (Lipinski definition) is 3. The Morgan fingerprint density at radius 2 is 2.29 bits per heavy atom. The smallest absolute Gasteiger partial charge is 0.133 e. The van der Waals surface area contributed by atoms with Crippen LogP contribution in [0.5, 0.6) is 0 Å². The summed E-state index contributed by atoms with van der Waals surface area (Å²) >= 11 is 0. The lowest BCUT2D eigenvalue weighted by Gasteiger charge is -2.03. The van der Waals surface area contributed by atoms with E-state index in [1.54, 1.807) is 6.92 Å². The molecule has 0 aromatic carbocycles. The van der Waals surface area contributed by atoms with E-state index >= 15 is 0 Å². The van der Waals surface area contributed by atoms with Gasteiger partial charge in [-0.3, -0.25) is 0 Å². The Labute approximate surface area is 42.9 Å². The molecule has 0 aromatic heterocycles. The summed E-state index contributed by atoms with van der Waals surface area (Å²) < 4.78 is 0. The van der Waals surface area contributed by atoms with Gasteiger partial charge in [-0.05, 0) is 6.92 Å². The van der Waals surface area contributed by atoms with Crippen LogP contribution in [0.15, 0.2) is 12.3 Å². The van der Waals surface area contributed by atoms with E-state index in [4.69, 9.17) is 11.6 Å². The van der Waals surface area contributed by atoms with Crippen LogP contribution in [0, 0.1) is 0 Å². The molecule has 0 fully saturated rings. The van der Waals surface area contributed by atoms with Gasteiger partial charge in [-0.2, -0.15) is 5.90 Å². The van der Waals surface area contributed by atoms with Crippen LogP contribution in [-0.4, -0.2) is 6.04 Å². The first-order chi connectivity index (χ1) is 3.18. The lowest BCUT2D eigenvalue weighted by Crippen LogP contribution is -2.20. The molecule has 0 spiro atoms. The molecular weight excluding hydrogens is 92.1 g/mol. The summed E-state index contributed by atoms with van der Waals surface area (Å²) in [5.41, 5.74) is 5.24. The van der Waals surface area contributed by atoms with E-state index in [1.807, 2.05) is 0 Å². The number of nitrogens with two attached hydrogens (primary N) is 2. The zero-order chi connectivity index (χ0) is 5.86. The summed E-state index contributed by atoms with van der Waals surface area (Å²) in [5.74, 6) is 5.10. The van der Waals surface area contributed by atoms with Gasteiger partial charge < -0.3 is 10.6 Å². The standard InChI is InChI=1S/C4H10N2O/c1-3(5)4(2)7-6/h3H,2,5-6H2,1H3. The minimum absolute atomic E-state index is 0.176. The van der Waals surface area contributed by atoms with E-state index in [9.17, 15) is 0 Å². The number of rotatable bonds is 2. The predicted molar refractivity (Wildman–Crippen MR) is 28.1 cm³/mol. The van der Waals surface area contributed by atoms with Crippen molar-refractivity contribution in [3.05, 3.63) is 12.3 Å². The quantitative estimate of drug-likeness (QED) is 0.373. The topological polar surface area (TPSA) is 61.3 Å². The highest BCUT2D eigenvalue weighted by atomic mass is 16.6. The van der Waals surface area contributed by atoms with E-state index in [1.165, 1.54) is 0 Å². The fraction of sp³-hybridized carbons (Fsp3) is 0.500. The van der Waals surface area contributed by atoms with E-state index in [0.29, 0.717) is 5.76 Å². The summed E-state index contributed by atoms with van der Waals surface area (Å²) in [6, 6.07) is -0.176. The molecule has 0 heterocycles. The molecule has 0 aromatic rings. The molecule has 0 aliphatic heterocycles. The zero-order valence-corrected chi connectivity index (χ0v) is 4.35. The molecule has 42 valence electrons. The van der Waals surface area contributed by atoms with Crippen molar-refractivity contribution in [1.29, 1.82) is 0 Å². The van der Waals surface area contributed by atoms with Gasteiger partial charge in [0.05, 0.1) is 6.04 Å². The van der Waals surface area contributed by atoms with Crippen molar-refractivity contribution in [1.82, 2.24) is 0 Å². The van der Waals surface area contributed by atoms with Crippen molar-refractivity contribution in [2.24, 2.45) is 11.6 Å². The van der Waals surface area contributed by atoms with Crippen molar-refractivity contribution in [2.75, 3.05) is 0 Å². The third kappa shape index (κ3) is 2.19. The van der Waals surface area contributed by atoms with Crippen molar-refractivity contribution in [3.8, 4) is 0 Å². The van der Waals surface area contributed by atoms with Gasteiger partial charge in [0.25, 0.3) is 0 Å². The average Bonchev–Trinajstić information content (AvgIpc) is 1.65. The molecule has 3 nitrogen and oxygen atoms in total. The fourth-order valence-electron chi connectivity index (χ4n) is 0.107. The first kappa shape index (κ1) is 6.46. The van der Waals surface area contributed by atoms with Crippen LogP contribution in [0.25, 0.3) is 0 Å². The van der Waals surface area contributed by atoms with Crippen LogP contribution in [0.2, 0.25) is 0 Å². The molecule has 0 bridgehead atoms. The molecule has 0 aliphatic carbocycles. The minimum atomic E-state index is -0.176. The van der Waals surface area contributed by atoms with Gasteiger partial charge in [0.1, 0.15) is 5.76 Å². The molecule has 3 heteroatoms. The number of hydrogen-bond donors (Lipinski definition) is 2. The molecule has 0 rings (SSSR count). The van der Waals surface area contributed by atoms with E-state index in [-0.39, 0.29) is 6.04 Å². The highest BCUT2D eigenvalue weighted by Gasteiger charge is 1.96. The Bertz CT molecular complexity index is 70.1. The molecule has 0 aliphatic rings. The summed E-state index contributed by atoms with van der Waals surface area (Å²) in [4.78, 5) is 4.19. The molecule has 1 unspecified atom stereocenters. The second kappa shape index (κ2) is 2.60. The first-order valence-corrected chi connectivity index (χ1v) is 1.99. The molecule has 0 amide bonds. The van der Waals surface area contributed by atoms with Gasteiger partial charge >= 0.3 is 0 Å². The maximum Gasteiger partial charge on any atom is 0.133 e. The normalized spacial score (nSPS) is 13.0. The highest BCUT2D eigenvalue weighted by Crippen LogP contribution is 1.90. The Morgan fingerprint density at radius 1 is 1.86 bits per heavy atom. The van der Waals surface area contributed by atoms with E-state index in [0.717, 1.165) is 0 Å². The van der Waals surface area contributed by atoms with Crippen LogP contribution in [0.3, 0.4) is 0 Å². The van der Waals surface area contributed by atoms with Gasteiger partial charge in [0, 0.05) is 0 Å². The molecule has 0 saturated heterocycles. The molecule has 4 N–H and O–H groups in total. The Balaban J connectivity index is 3.35. The molecule has 1 atom stereocenters. The molecule has 0 saturated carbocycles. The average molecular weight is 102 g/mol. The van der Waals surface area contributed by atoms with Crippen LogP contribution in [0.1, 0.15) is 6.92 Å². The Kier molecular flexibility index (Phi) is 2.40. The van der Waals surface area contributed by atoms with Crippen molar-refractivity contribution in [3.63, 3.8) is 0 Å². The summed E-state index contributed by atoms with van der Waals surface area (Å²) in [6.45, 7) is 5.15. The maximum atomic E-state index is 5.24. The molecule has 7 heavy (non-hydrogen) atoms. The molecule has 0 radical (unpaired) electrons. The third-order valence-electron chi connectivity index (χ3n) is 0.659. The maximum absolute atomic E-state index is 5.24. The predicted octanol–water partition coefficient (Wildman–Crippen LogP) is -0.262. The highest BCUT2D eigenvalue weighted by molar-refractivity contribution is 4.90. The van der Waals surface area contributed by atoms with Crippen LogP contribution in [0.4, 0.5) is 0 Å². The minimum Gasteiger partial charge on any atom is -0.415 e. The SMILES string of the molecule is C=C(ON)C(C)N.